The van der Waals surface area contributed by atoms with Gasteiger partial charge in [0.1, 0.15) is 23.6 Å². The minimum absolute atomic E-state index is 0.0392. The molecule has 26 heavy (non-hydrogen) atoms. The number of aryl methyl sites for hydroxylation is 1. The summed E-state index contributed by atoms with van der Waals surface area (Å²) in [6.07, 6.45) is 2.02. The lowest BCUT2D eigenvalue weighted by Gasteiger charge is -2.32. The van der Waals surface area contributed by atoms with Crippen LogP contribution in [0.2, 0.25) is 0 Å². The molecular weight excluding hydrogens is 348 g/mol. The van der Waals surface area contributed by atoms with Gasteiger partial charge in [0, 0.05) is 42.1 Å². The number of hydrogen-bond acceptors (Lipinski definition) is 6. The van der Waals surface area contributed by atoms with Gasteiger partial charge in [-0.1, -0.05) is 0 Å². The molecule has 4 heterocycles. The second kappa shape index (κ2) is 6.71. The molecule has 1 fully saturated rings. The van der Waals surface area contributed by atoms with Gasteiger partial charge in [-0.15, -0.1) is 11.3 Å². The van der Waals surface area contributed by atoms with E-state index in [1.165, 1.54) is 0 Å². The zero-order chi connectivity index (χ0) is 18.3. The molecule has 0 radical (unpaired) electrons. The summed E-state index contributed by atoms with van der Waals surface area (Å²) in [6.45, 7) is 3.72. The number of amides is 1. The van der Waals surface area contributed by atoms with E-state index < -0.39 is 0 Å². The number of rotatable bonds is 2. The van der Waals surface area contributed by atoms with Gasteiger partial charge in [-0.2, -0.15) is 5.26 Å². The minimum atomic E-state index is -0.333. The summed E-state index contributed by atoms with van der Waals surface area (Å²) in [5, 5.41) is 11.7. The van der Waals surface area contributed by atoms with Crippen molar-refractivity contribution in [3.05, 3.63) is 33.8 Å². The van der Waals surface area contributed by atoms with Gasteiger partial charge in [0.15, 0.2) is 0 Å². The fraction of sp³-hybridized carbons (Fsp3) is 0.421. The number of nitrogen functional groups attached to an aromatic ring is 1. The topological polar surface area (TPSA) is 92.2 Å². The van der Waals surface area contributed by atoms with Crippen molar-refractivity contribution >= 4 is 23.1 Å². The Hall–Kier alpha value is -2.43. The number of thiophene rings is 1. The first-order chi connectivity index (χ1) is 12.6. The Morgan fingerprint density at radius 1 is 1.54 bits per heavy atom. The Morgan fingerprint density at radius 2 is 2.38 bits per heavy atom. The van der Waals surface area contributed by atoms with Crippen molar-refractivity contribution in [3.8, 4) is 16.5 Å². The highest BCUT2D eigenvalue weighted by atomic mass is 32.1. The molecule has 2 aromatic rings. The molecule has 2 aliphatic rings. The second-order valence-electron chi connectivity index (χ2n) is 6.73. The number of fused-ring (bicyclic) bond motifs is 1. The van der Waals surface area contributed by atoms with Crippen LogP contribution in [0.4, 0.5) is 5.82 Å². The monoisotopic (exact) mass is 368 g/mol. The minimum Gasteiger partial charge on any atom is -0.383 e. The Morgan fingerprint density at radius 3 is 3.04 bits per heavy atom. The van der Waals surface area contributed by atoms with Crippen LogP contribution in [0.1, 0.15) is 35.2 Å². The van der Waals surface area contributed by atoms with E-state index >= 15 is 0 Å². The van der Waals surface area contributed by atoms with Crippen LogP contribution < -0.4 is 5.73 Å². The Kier molecular flexibility index (Phi) is 4.39. The first-order valence-electron chi connectivity index (χ1n) is 8.76. The van der Waals surface area contributed by atoms with E-state index in [4.69, 9.17) is 10.5 Å². The normalized spacial score (nSPS) is 19.2. The van der Waals surface area contributed by atoms with Gasteiger partial charge < -0.3 is 15.4 Å². The third-order valence-electron chi connectivity index (χ3n) is 5.10. The lowest BCUT2D eigenvalue weighted by Crippen LogP contribution is -2.42. The number of carbonyl (C=O) groups is 1. The maximum Gasteiger partial charge on any atom is 0.252 e. The maximum atomic E-state index is 12.8. The molecule has 134 valence electrons. The molecular formula is C19H20N4O2S. The highest BCUT2D eigenvalue weighted by Crippen LogP contribution is 2.39. The quantitative estimate of drug-likeness (QED) is 0.880. The van der Waals surface area contributed by atoms with Crippen molar-refractivity contribution in [2.24, 2.45) is 0 Å². The van der Waals surface area contributed by atoms with Gasteiger partial charge in [0.05, 0.1) is 5.69 Å². The van der Waals surface area contributed by atoms with Gasteiger partial charge in [0.2, 0.25) is 0 Å². The van der Waals surface area contributed by atoms with Gasteiger partial charge in [-0.05, 0) is 36.8 Å². The van der Waals surface area contributed by atoms with Gasteiger partial charge in [0.25, 0.3) is 5.91 Å². The fourth-order valence-corrected chi connectivity index (χ4v) is 4.74. The lowest BCUT2D eigenvalue weighted by molar-refractivity contribution is -0.141. The molecule has 2 N–H and O–H groups in total. The summed E-state index contributed by atoms with van der Waals surface area (Å²) >= 11 is 1.59. The van der Waals surface area contributed by atoms with E-state index in [1.807, 2.05) is 23.3 Å². The summed E-state index contributed by atoms with van der Waals surface area (Å²) in [5.74, 6) is 0.310. The predicted molar refractivity (Wildman–Crippen MR) is 99.5 cm³/mol. The molecule has 0 aromatic carbocycles. The van der Waals surface area contributed by atoms with Gasteiger partial charge in [-0.25, -0.2) is 4.98 Å². The molecule has 2 aliphatic heterocycles. The van der Waals surface area contributed by atoms with Crippen molar-refractivity contribution in [2.45, 2.75) is 38.8 Å². The van der Waals surface area contributed by atoms with Crippen LogP contribution in [-0.2, 0) is 22.5 Å². The predicted octanol–water partition coefficient (Wildman–Crippen LogP) is 2.64. The highest BCUT2D eigenvalue weighted by molar-refractivity contribution is 7.13. The molecule has 0 bridgehead atoms. The maximum absolute atomic E-state index is 12.8. The number of ether oxygens (including phenoxy) is 1. The van der Waals surface area contributed by atoms with Crippen LogP contribution in [0.25, 0.3) is 10.4 Å². The van der Waals surface area contributed by atoms with E-state index in [0.29, 0.717) is 31.7 Å². The number of carbonyl (C=O) groups excluding carboxylic acids is 1. The average Bonchev–Trinajstić information content (AvgIpc) is 3.31. The van der Waals surface area contributed by atoms with Crippen LogP contribution in [0.15, 0.2) is 11.4 Å². The molecule has 6 nitrogen and oxygen atoms in total. The summed E-state index contributed by atoms with van der Waals surface area (Å²) in [4.78, 5) is 20.1. The van der Waals surface area contributed by atoms with E-state index in [-0.39, 0.29) is 17.8 Å². The van der Waals surface area contributed by atoms with Crippen molar-refractivity contribution in [3.63, 3.8) is 0 Å². The average molecular weight is 368 g/mol. The van der Waals surface area contributed by atoms with Gasteiger partial charge >= 0.3 is 0 Å². The number of pyridine rings is 1. The van der Waals surface area contributed by atoms with Crippen LogP contribution in [0, 0.1) is 18.3 Å². The molecule has 7 heteroatoms. The second-order valence-corrected chi connectivity index (χ2v) is 7.64. The van der Waals surface area contributed by atoms with E-state index in [9.17, 15) is 10.1 Å². The highest BCUT2D eigenvalue weighted by Gasteiger charge is 2.33. The standard InChI is InChI=1S/C19H20N4O2S/c1-11-5-8-26-17(11)16-12(9-20)18(21)22-14-4-6-23(10-13(14)16)19(24)15-3-2-7-25-15/h5,8,15H,2-4,6-7,10H2,1H3,(H2,21,22)/t15-/m1/s1. The third kappa shape index (κ3) is 2.75. The smallest absolute Gasteiger partial charge is 0.252 e. The van der Waals surface area contributed by atoms with E-state index in [1.54, 1.807) is 11.3 Å². The summed E-state index contributed by atoms with van der Waals surface area (Å²) < 4.78 is 5.56. The molecule has 2 aromatic heterocycles. The number of nitrogens with two attached hydrogens (primary N) is 1. The number of anilines is 1. The van der Waals surface area contributed by atoms with Crippen molar-refractivity contribution in [1.29, 1.82) is 5.26 Å². The third-order valence-corrected chi connectivity index (χ3v) is 6.13. The molecule has 0 saturated carbocycles. The van der Waals surface area contributed by atoms with Crippen molar-refractivity contribution < 1.29 is 9.53 Å². The van der Waals surface area contributed by atoms with Crippen molar-refractivity contribution in [2.75, 3.05) is 18.9 Å². The summed E-state index contributed by atoms with van der Waals surface area (Å²) in [7, 11) is 0. The van der Waals surface area contributed by atoms with Crippen LogP contribution >= 0.6 is 11.3 Å². The molecule has 1 atom stereocenters. The number of hydrogen-bond donors (Lipinski definition) is 1. The number of aromatic nitrogens is 1. The molecule has 4 rings (SSSR count). The largest absolute Gasteiger partial charge is 0.383 e. The zero-order valence-electron chi connectivity index (χ0n) is 14.6. The molecule has 0 unspecified atom stereocenters. The molecule has 0 spiro atoms. The number of nitriles is 1. The van der Waals surface area contributed by atoms with Crippen LogP contribution in [0.3, 0.4) is 0 Å². The molecule has 1 saturated heterocycles. The van der Waals surface area contributed by atoms with Crippen molar-refractivity contribution in [1.82, 2.24) is 9.88 Å². The Bertz CT molecular complexity index is 909. The van der Waals surface area contributed by atoms with Crippen LogP contribution in [-0.4, -0.2) is 35.0 Å². The lowest BCUT2D eigenvalue weighted by atomic mass is 9.93. The molecule has 1 amide bonds. The first kappa shape index (κ1) is 17.0. The Labute approximate surface area is 156 Å². The van der Waals surface area contributed by atoms with E-state index in [0.717, 1.165) is 40.1 Å². The van der Waals surface area contributed by atoms with Crippen LogP contribution in [0.5, 0.6) is 0 Å². The van der Waals surface area contributed by atoms with E-state index in [2.05, 4.69) is 11.1 Å². The number of nitrogens with zero attached hydrogens (tertiary/aromatic N) is 3. The Balaban J connectivity index is 1.79. The van der Waals surface area contributed by atoms with Gasteiger partial charge in [-0.3, -0.25) is 4.79 Å². The SMILES string of the molecule is Cc1ccsc1-c1c(C#N)c(N)nc2c1CN(C(=O)[C@H]1CCCO1)CC2. The fourth-order valence-electron chi connectivity index (χ4n) is 3.74. The summed E-state index contributed by atoms with van der Waals surface area (Å²) in [6, 6.07) is 4.25. The first-order valence-corrected chi connectivity index (χ1v) is 9.64. The zero-order valence-corrected chi connectivity index (χ0v) is 15.4. The summed E-state index contributed by atoms with van der Waals surface area (Å²) in [5.41, 5.74) is 10.3. The molecule has 0 aliphatic carbocycles.